The van der Waals surface area contributed by atoms with Gasteiger partial charge >= 0.3 is 0 Å². The van der Waals surface area contributed by atoms with E-state index in [4.69, 9.17) is 4.74 Å². The summed E-state index contributed by atoms with van der Waals surface area (Å²) in [6.45, 7) is 11.7. The fraction of sp³-hybridized carbons (Fsp3) is 0.529. The Kier molecular flexibility index (Phi) is 6.93. The van der Waals surface area contributed by atoms with E-state index < -0.39 is 8.07 Å². The molecule has 0 aliphatic heterocycles. The van der Waals surface area contributed by atoms with Crippen LogP contribution in [-0.2, 0) is 0 Å². The summed E-state index contributed by atoms with van der Waals surface area (Å²) in [4.78, 5) is 0. The predicted octanol–water partition coefficient (Wildman–Crippen LogP) is 5.61. The molecular formula is C17H28OSi. The van der Waals surface area contributed by atoms with Crippen LogP contribution in [0.4, 0.5) is 0 Å². The van der Waals surface area contributed by atoms with E-state index in [0.717, 1.165) is 17.9 Å². The lowest BCUT2D eigenvalue weighted by Crippen LogP contribution is -2.31. The van der Waals surface area contributed by atoms with Gasteiger partial charge in [0, 0.05) is 0 Å². The first-order valence-electron chi connectivity index (χ1n) is 7.55. The molecule has 106 valence electrons. The summed E-state index contributed by atoms with van der Waals surface area (Å²) in [6, 6.07) is 13.8. The second-order valence-corrected chi connectivity index (χ2v) is 10.9. The van der Waals surface area contributed by atoms with Gasteiger partial charge in [-0.1, -0.05) is 69.7 Å². The molecule has 19 heavy (non-hydrogen) atoms. The molecule has 1 rings (SSSR count). The zero-order valence-corrected chi connectivity index (χ0v) is 13.7. The molecule has 0 unspecified atom stereocenters. The van der Waals surface area contributed by atoms with Crippen molar-refractivity contribution in [2.75, 3.05) is 6.61 Å². The number of benzene rings is 1. The molecule has 0 radical (unpaired) electrons. The van der Waals surface area contributed by atoms with Gasteiger partial charge in [0.05, 0.1) is 14.7 Å². The summed E-state index contributed by atoms with van der Waals surface area (Å²) in [7, 11) is -0.970. The number of rotatable bonds is 9. The zero-order chi connectivity index (χ0) is 14.1. The monoisotopic (exact) mass is 276 g/mol. The first-order valence-corrected chi connectivity index (χ1v) is 10.4. The third kappa shape index (κ3) is 4.87. The molecule has 1 nitrogen and oxygen atoms in total. The molecule has 0 aromatic heterocycles. The van der Waals surface area contributed by atoms with Gasteiger partial charge in [-0.15, -0.1) is 0 Å². The van der Waals surface area contributed by atoms with Crippen LogP contribution in [0, 0.1) is 0 Å². The number of hydrogen-bond donors (Lipinski definition) is 0. The molecule has 0 amide bonds. The third-order valence-corrected chi connectivity index (χ3v) is 10.4. The molecule has 0 aliphatic rings. The van der Waals surface area contributed by atoms with Crippen molar-refractivity contribution in [3.05, 3.63) is 36.4 Å². The predicted molar refractivity (Wildman–Crippen MR) is 88.6 cm³/mol. The van der Waals surface area contributed by atoms with Crippen molar-refractivity contribution < 1.29 is 4.74 Å². The average Bonchev–Trinajstić information content (AvgIpc) is 2.48. The summed E-state index contributed by atoms with van der Waals surface area (Å²) >= 11 is 0. The summed E-state index contributed by atoms with van der Waals surface area (Å²) in [5.41, 5.74) is 1.12. The van der Waals surface area contributed by atoms with Crippen molar-refractivity contribution in [2.45, 2.75) is 51.4 Å². The van der Waals surface area contributed by atoms with E-state index >= 15 is 0 Å². The quantitative estimate of drug-likeness (QED) is 0.421. The molecule has 0 fully saturated rings. The van der Waals surface area contributed by atoms with Crippen molar-refractivity contribution in [1.29, 1.82) is 0 Å². The van der Waals surface area contributed by atoms with Crippen LogP contribution in [0.15, 0.2) is 30.8 Å². The first-order chi connectivity index (χ1) is 9.19. The van der Waals surface area contributed by atoms with Crippen LogP contribution in [0.2, 0.25) is 24.2 Å². The molecule has 0 saturated heterocycles. The van der Waals surface area contributed by atoms with E-state index in [-0.39, 0.29) is 0 Å². The van der Waals surface area contributed by atoms with Crippen LogP contribution in [-0.4, -0.2) is 14.7 Å². The van der Waals surface area contributed by atoms with E-state index in [0.29, 0.717) is 0 Å². The normalized spacial score (nSPS) is 11.3. The Morgan fingerprint density at radius 1 is 1.16 bits per heavy atom. The summed E-state index contributed by atoms with van der Waals surface area (Å²) < 4.78 is 5.85. The maximum absolute atomic E-state index is 5.85. The minimum absolute atomic E-state index is 0.843. The summed E-state index contributed by atoms with van der Waals surface area (Å²) in [5.74, 6) is 0.967. The van der Waals surface area contributed by atoms with Gasteiger partial charge in [-0.2, -0.15) is 0 Å². The van der Waals surface area contributed by atoms with Gasteiger partial charge < -0.3 is 4.74 Å². The van der Waals surface area contributed by atoms with E-state index in [1.54, 1.807) is 0 Å². The first kappa shape index (κ1) is 16.0. The van der Waals surface area contributed by atoms with Crippen LogP contribution in [0.5, 0.6) is 5.75 Å². The topological polar surface area (TPSA) is 9.23 Å². The van der Waals surface area contributed by atoms with Crippen molar-refractivity contribution in [3.63, 3.8) is 0 Å². The Labute approximate surface area is 119 Å². The average molecular weight is 276 g/mol. The molecule has 0 saturated carbocycles. The van der Waals surface area contributed by atoms with Gasteiger partial charge in [-0.25, -0.2) is 0 Å². The molecule has 0 spiro atoms. The van der Waals surface area contributed by atoms with Crippen molar-refractivity contribution in [3.8, 4) is 5.75 Å². The van der Waals surface area contributed by atoms with Gasteiger partial charge in [0.2, 0.25) is 0 Å². The zero-order valence-electron chi connectivity index (χ0n) is 12.7. The summed E-state index contributed by atoms with van der Waals surface area (Å²) in [6.07, 6.45) is 3.05. The maximum Gasteiger partial charge on any atom is 0.119 e. The Morgan fingerprint density at radius 3 is 2.42 bits per heavy atom. The van der Waals surface area contributed by atoms with Crippen LogP contribution in [0.1, 0.15) is 32.8 Å². The third-order valence-electron chi connectivity index (χ3n) is 4.46. The molecule has 0 heterocycles. The molecule has 2 heteroatoms. The van der Waals surface area contributed by atoms with E-state index in [2.05, 4.69) is 33.4 Å². The van der Waals surface area contributed by atoms with Gasteiger partial charge in [-0.3, -0.25) is 0 Å². The Bertz CT molecular complexity index is 374. The molecule has 1 aromatic carbocycles. The van der Waals surface area contributed by atoms with Crippen LogP contribution in [0.25, 0.3) is 6.08 Å². The molecule has 0 aliphatic carbocycles. The van der Waals surface area contributed by atoms with Crippen molar-refractivity contribution in [2.24, 2.45) is 0 Å². The highest BCUT2D eigenvalue weighted by Crippen LogP contribution is 2.26. The van der Waals surface area contributed by atoms with Crippen molar-refractivity contribution in [1.82, 2.24) is 0 Å². The fourth-order valence-corrected chi connectivity index (χ4v) is 6.10. The molecule has 0 bridgehead atoms. The SMILES string of the molecule is C=Cc1cccc(OCCC[Si](CC)(CC)CC)c1. The van der Waals surface area contributed by atoms with Crippen molar-refractivity contribution >= 4 is 14.1 Å². The summed E-state index contributed by atoms with van der Waals surface area (Å²) in [5, 5.41) is 0. The van der Waals surface area contributed by atoms with Gasteiger partial charge in [0.1, 0.15) is 5.75 Å². The smallest absolute Gasteiger partial charge is 0.119 e. The van der Waals surface area contributed by atoms with Crippen LogP contribution in [0.3, 0.4) is 0 Å². The van der Waals surface area contributed by atoms with E-state index in [1.807, 2.05) is 24.3 Å². The molecular weight excluding hydrogens is 248 g/mol. The maximum atomic E-state index is 5.85. The minimum atomic E-state index is -0.970. The molecule has 0 atom stereocenters. The second kappa shape index (κ2) is 8.21. The highest BCUT2D eigenvalue weighted by molar-refractivity contribution is 6.79. The van der Waals surface area contributed by atoms with Gasteiger partial charge in [-0.05, 0) is 24.1 Å². The highest BCUT2D eigenvalue weighted by atomic mass is 28.3. The van der Waals surface area contributed by atoms with Gasteiger partial charge in [0.25, 0.3) is 0 Å². The number of ether oxygens (including phenoxy) is 1. The molecule has 0 N–H and O–H groups in total. The minimum Gasteiger partial charge on any atom is -0.494 e. The lowest BCUT2D eigenvalue weighted by Gasteiger charge is -2.27. The Hall–Kier alpha value is -1.02. The Morgan fingerprint density at radius 2 is 1.84 bits per heavy atom. The highest BCUT2D eigenvalue weighted by Gasteiger charge is 2.25. The second-order valence-electron chi connectivity index (χ2n) is 5.29. The number of hydrogen-bond acceptors (Lipinski definition) is 1. The van der Waals surface area contributed by atoms with Gasteiger partial charge in [0.15, 0.2) is 0 Å². The van der Waals surface area contributed by atoms with Crippen LogP contribution < -0.4 is 4.74 Å². The molecule has 1 aromatic rings. The van der Waals surface area contributed by atoms with Crippen LogP contribution >= 0.6 is 0 Å². The van der Waals surface area contributed by atoms with E-state index in [1.165, 1.54) is 30.6 Å². The fourth-order valence-electron chi connectivity index (χ4n) is 2.65. The Balaban J connectivity index is 2.39. The van der Waals surface area contributed by atoms with E-state index in [9.17, 15) is 0 Å². The lowest BCUT2D eigenvalue weighted by atomic mass is 10.2. The standard InChI is InChI=1S/C17H28OSi/c1-5-16-11-9-12-17(15-16)18-13-10-14-19(6-2,7-3)8-4/h5,9,11-12,15H,1,6-8,10,13-14H2,2-4H3. The largest absolute Gasteiger partial charge is 0.494 e. The lowest BCUT2D eigenvalue weighted by molar-refractivity contribution is 0.316.